The molecule has 0 bridgehead atoms. The van der Waals surface area contributed by atoms with E-state index in [0.717, 1.165) is 5.56 Å². The number of benzene rings is 1. The second-order valence-corrected chi connectivity index (χ2v) is 5.72. The van der Waals surface area contributed by atoms with Gasteiger partial charge in [0.1, 0.15) is 5.69 Å². The molecule has 3 aromatic rings. The molecule has 1 aliphatic heterocycles. The van der Waals surface area contributed by atoms with Crippen molar-refractivity contribution in [3.05, 3.63) is 60.9 Å². The molecule has 1 saturated heterocycles. The Kier molecular flexibility index (Phi) is 4.12. The molecule has 1 amide bonds. The topological polar surface area (TPSA) is 75.4 Å². The maximum Gasteiger partial charge on any atom is 0.292 e. The van der Waals surface area contributed by atoms with Crippen LogP contribution in [-0.4, -0.2) is 51.9 Å². The van der Waals surface area contributed by atoms with Crippen molar-refractivity contribution >= 4 is 11.9 Å². The molecule has 1 aliphatic rings. The standard InChI is InChI=1S/C18H17N5O2/c24-17(16-15(21-13-25-16)14-5-2-1-3-6-14)22-9-11-23(12-10-22)18-19-7-4-8-20-18/h1-8,13H,9-12H2. The van der Waals surface area contributed by atoms with Crippen molar-refractivity contribution in [3.8, 4) is 11.3 Å². The molecule has 0 aliphatic carbocycles. The first-order valence-electron chi connectivity index (χ1n) is 8.13. The van der Waals surface area contributed by atoms with Gasteiger partial charge in [-0.1, -0.05) is 30.3 Å². The van der Waals surface area contributed by atoms with Gasteiger partial charge < -0.3 is 14.2 Å². The highest BCUT2D eigenvalue weighted by molar-refractivity contribution is 5.97. The number of oxazole rings is 1. The van der Waals surface area contributed by atoms with Crippen LogP contribution in [0.15, 0.2) is 59.6 Å². The van der Waals surface area contributed by atoms with Gasteiger partial charge in [-0.25, -0.2) is 15.0 Å². The Morgan fingerprint density at radius 2 is 1.64 bits per heavy atom. The van der Waals surface area contributed by atoms with Crippen LogP contribution in [-0.2, 0) is 0 Å². The molecule has 3 heterocycles. The van der Waals surface area contributed by atoms with Crippen LogP contribution in [0.1, 0.15) is 10.6 Å². The van der Waals surface area contributed by atoms with Gasteiger partial charge in [-0.3, -0.25) is 4.79 Å². The van der Waals surface area contributed by atoms with Crippen molar-refractivity contribution in [3.63, 3.8) is 0 Å². The smallest absolute Gasteiger partial charge is 0.292 e. The highest BCUT2D eigenvalue weighted by atomic mass is 16.3. The Balaban J connectivity index is 1.48. The molecule has 7 nitrogen and oxygen atoms in total. The van der Waals surface area contributed by atoms with E-state index in [-0.39, 0.29) is 11.7 Å². The third-order valence-corrected chi connectivity index (χ3v) is 4.21. The van der Waals surface area contributed by atoms with Gasteiger partial charge in [0.05, 0.1) is 0 Å². The fraction of sp³-hybridized carbons (Fsp3) is 0.222. The summed E-state index contributed by atoms with van der Waals surface area (Å²) in [5.74, 6) is 0.847. The summed E-state index contributed by atoms with van der Waals surface area (Å²) < 4.78 is 5.40. The second-order valence-electron chi connectivity index (χ2n) is 5.72. The largest absolute Gasteiger partial charge is 0.438 e. The lowest BCUT2D eigenvalue weighted by atomic mass is 10.1. The molecule has 4 rings (SSSR count). The van der Waals surface area contributed by atoms with Gasteiger partial charge in [0.25, 0.3) is 5.91 Å². The molecule has 0 N–H and O–H groups in total. The average Bonchev–Trinajstić information content (AvgIpc) is 3.19. The minimum Gasteiger partial charge on any atom is -0.438 e. The van der Waals surface area contributed by atoms with Gasteiger partial charge in [0.2, 0.25) is 11.7 Å². The number of nitrogens with zero attached hydrogens (tertiary/aromatic N) is 5. The summed E-state index contributed by atoms with van der Waals surface area (Å²) in [6.07, 6.45) is 4.77. The maximum absolute atomic E-state index is 12.8. The third-order valence-electron chi connectivity index (χ3n) is 4.21. The van der Waals surface area contributed by atoms with E-state index in [0.29, 0.717) is 37.8 Å². The summed E-state index contributed by atoms with van der Waals surface area (Å²) in [5, 5.41) is 0. The number of aromatic nitrogens is 3. The molecule has 1 aromatic carbocycles. The zero-order valence-corrected chi connectivity index (χ0v) is 13.6. The minimum absolute atomic E-state index is 0.134. The number of piperazine rings is 1. The molecular formula is C18H17N5O2. The lowest BCUT2D eigenvalue weighted by molar-refractivity contribution is 0.0715. The van der Waals surface area contributed by atoms with E-state index in [1.807, 2.05) is 30.3 Å². The van der Waals surface area contributed by atoms with E-state index in [2.05, 4.69) is 19.9 Å². The molecule has 0 spiro atoms. The van der Waals surface area contributed by atoms with Crippen LogP contribution in [0.4, 0.5) is 5.95 Å². The van der Waals surface area contributed by atoms with E-state index >= 15 is 0 Å². The summed E-state index contributed by atoms with van der Waals surface area (Å²) in [4.78, 5) is 29.4. The van der Waals surface area contributed by atoms with Crippen LogP contribution in [0.5, 0.6) is 0 Å². The molecule has 0 radical (unpaired) electrons. The van der Waals surface area contributed by atoms with Gasteiger partial charge in [0.15, 0.2) is 6.39 Å². The lowest BCUT2D eigenvalue weighted by Crippen LogP contribution is -2.49. The second kappa shape index (κ2) is 6.72. The first-order chi connectivity index (χ1) is 12.3. The average molecular weight is 335 g/mol. The Labute approximate surface area is 144 Å². The number of carbonyl (C=O) groups is 1. The van der Waals surface area contributed by atoms with Gasteiger partial charge in [-0.05, 0) is 6.07 Å². The highest BCUT2D eigenvalue weighted by Gasteiger charge is 2.27. The first kappa shape index (κ1) is 15.3. The van der Waals surface area contributed by atoms with Crippen molar-refractivity contribution in [2.75, 3.05) is 31.1 Å². The molecule has 0 unspecified atom stereocenters. The SMILES string of the molecule is O=C(c1ocnc1-c1ccccc1)N1CCN(c2ncccn2)CC1. The van der Waals surface area contributed by atoms with Crippen LogP contribution >= 0.6 is 0 Å². The fourth-order valence-corrected chi connectivity index (χ4v) is 2.91. The van der Waals surface area contributed by atoms with Crippen molar-refractivity contribution in [2.45, 2.75) is 0 Å². The third kappa shape index (κ3) is 3.08. The van der Waals surface area contributed by atoms with Crippen molar-refractivity contribution in [2.24, 2.45) is 0 Å². The molecule has 25 heavy (non-hydrogen) atoms. The molecular weight excluding hydrogens is 318 g/mol. The van der Waals surface area contributed by atoms with E-state index in [1.54, 1.807) is 23.4 Å². The molecule has 126 valence electrons. The molecule has 0 atom stereocenters. The fourth-order valence-electron chi connectivity index (χ4n) is 2.91. The lowest BCUT2D eigenvalue weighted by Gasteiger charge is -2.34. The predicted molar refractivity (Wildman–Crippen MR) is 92.1 cm³/mol. The predicted octanol–water partition coefficient (Wildman–Crippen LogP) is 2.09. The van der Waals surface area contributed by atoms with Crippen LogP contribution in [0.2, 0.25) is 0 Å². The van der Waals surface area contributed by atoms with Gasteiger partial charge in [-0.15, -0.1) is 0 Å². The Bertz CT molecular complexity index is 842. The minimum atomic E-state index is -0.134. The quantitative estimate of drug-likeness (QED) is 0.729. The summed E-state index contributed by atoms with van der Waals surface area (Å²) >= 11 is 0. The first-order valence-corrected chi connectivity index (χ1v) is 8.13. The normalized spacial score (nSPS) is 14.6. The van der Waals surface area contributed by atoms with Crippen LogP contribution in [0.25, 0.3) is 11.3 Å². The van der Waals surface area contributed by atoms with Crippen molar-refractivity contribution < 1.29 is 9.21 Å². The van der Waals surface area contributed by atoms with E-state index in [1.165, 1.54) is 6.39 Å². The zero-order chi connectivity index (χ0) is 17.1. The maximum atomic E-state index is 12.8. The molecule has 0 saturated carbocycles. The van der Waals surface area contributed by atoms with E-state index < -0.39 is 0 Å². The monoisotopic (exact) mass is 335 g/mol. The van der Waals surface area contributed by atoms with E-state index in [9.17, 15) is 4.79 Å². The van der Waals surface area contributed by atoms with E-state index in [4.69, 9.17) is 4.42 Å². The number of hydrogen-bond donors (Lipinski definition) is 0. The van der Waals surface area contributed by atoms with Crippen molar-refractivity contribution in [1.29, 1.82) is 0 Å². The number of amides is 1. The zero-order valence-electron chi connectivity index (χ0n) is 13.6. The summed E-state index contributed by atoms with van der Waals surface area (Å²) in [6, 6.07) is 11.4. The highest BCUT2D eigenvalue weighted by Crippen LogP contribution is 2.23. The van der Waals surface area contributed by atoms with Gasteiger partial charge in [0, 0.05) is 44.1 Å². The molecule has 7 heteroatoms. The Hall–Kier alpha value is -3.22. The van der Waals surface area contributed by atoms with Crippen LogP contribution in [0, 0.1) is 0 Å². The number of carbonyl (C=O) groups excluding carboxylic acids is 1. The van der Waals surface area contributed by atoms with Gasteiger partial charge in [-0.2, -0.15) is 0 Å². The Morgan fingerprint density at radius 1 is 0.920 bits per heavy atom. The summed E-state index contributed by atoms with van der Waals surface area (Å²) in [7, 11) is 0. The van der Waals surface area contributed by atoms with Crippen LogP contribution in [0.3, 0.4) is 0 Å². The number of hydrogen-bond acceptors (Lipinski definition) is 6. The Morgan fingerprint density at radius 3 is 2.36 bits per heavy atom. The molecule has 2 aromatic heterocycles. The molecule has 1 fully saturated rings. The number of rotatable bonds is 3. The van der Waals surface area contributed by atoms with Crippen LogP contribution < -0.4 is 4.90 Å². The summed E-state index contributed by atoms with van der Waals surface area (Å²) in [5.41, 5.74) is 1.45. The number of anilines is 1. The summed E-state index contributed by atoms with van der Waals surface area (Å²) in [6.45, 7) is 2.55. The van der Waals surface area contributed by atoms with Gasteiger partial charge >= 0.3 is 0 Å². The van der Waals surface area contributed by atoms with Crippen molar-refractivity contribution in [1.82, 2.24) is 19.9 Å².